The number of hydrogen-bond donors (Lipinski definition) is 1. The molecule has 202 valence electrons. The second-order valence-corrected chi connectivity index (χ2v) is 11.0. The fourth-order valence-electron chi connectivity index (χ4n) is 3.79. The molecule has 3 heterocycles. The molecule has 0 unspecified atom stereocenters. The number of amides is 1. The highest BCUT2D eigenvalue weighted by Crippen LogP contribution is 2.29. The number of ether oxygens (including phenoxy) is 3. The molecular formula is C27H30FN3O6S. The summed E-state index contributed by atoms with van der Waals surface area (Å²) in [4.78, 5) is 21.4. The second kappa shape index (κ2) is 12.3. The number of carbonyl (C=O) groups is 1. The maximum absolute atomic E-state index is 14.4. The van der Waals surface area contributed by atoms with Gasteiger partial charge in [-0.15, -0.1) is 0 Å². The van der Waals surface area contributed by atoms with Crippen molar-refractivity contribution in [3.8, 4) is 22.9 Å². The van der Waals surface area contributed by atoms with Crippen molar-refractivity contribution in [3.05, 3.63) is 66.1 Å². The van der Waals surface area contributed by atoms with E-state index in [2.05, 4.69) is 9.97 Å². The summed E-state index contributed by atoms with van der Waals surface area (Å²) in [5, 5.41) is -0.295. The maximum atomic E-state index is 14.4. The molecule has 1 amide bonds. The van der Waals surface area contributed by atoms with Crippen LogP contribution < -0.4 is 14.2 Å². The van der Waals surface area contributed by atoms with Crippen molar-refractivity contribution in [2.45, 2.75) is 31.7 Å². The van der Waals surface area contributed by atoms with Crippen LogP contribution in [0.2, 0.25) is 0 Å². The van der Waals surface area contributed by atoms with Crippen LogP contribution in [0.4, 0.5) is 4.39 Å². The number of rotatable bonds is 10. The number of nitrogens with zero attached hydrogens (tertiary/aromatic N) is 2. The summed E-state index contributed by atoms with van der Waals surface area (Å²) >= 11 is 0. The number of hydrogen-bond acceptors (Lipinski definition) is 8. The average molecular weight is 544 g/mol. The monoisotopic (exact) mass is 543 g/mol. The zero-order valence-electron chi connectivity index (χ0n) is 21.2. The van der Waals surface area contributed by atoms with E-state index in [1.165, 1.54) is 42.6 Å². The number of carbonyl (C=O) groups excluding carboxylic acids is 1. The van der Waals surface area contributed by atoms with E-state index in [0.29, 0.717) is 36.8 Å². The molecule has 1 saturated heterocycles. The van der Waals surface area contributed by atoms with Crippen LogP contribution in [0.3, 0.4) is 0 Å². The first-order chi connectivity index (χ1) is 18.2. The Kier molecular flexibility index (Phi) is 8.90. The Morgan fingerprint density at radius 3 is 2.63 bits per heavy atom. The van der Waals surface area contributed by atoms with E-state index in [9.17, 15) is 17.6 Å². The van der Waals surface area contributed by atoms with Crippen LogP contribution >= 0.6 is 0 Å². The highest BCUT2D eigenvalue weighted by molar-refractivity contribution is 7.90. The van der Waals surface area contributed by atoms with Gasteiger partial charge in [-0.05, 0) is 61.1 Å². The van der Waals surface area contributed by atoms with Crippen molar-refractivity contribution in [2.75, 3.05) is 26.4 Å². The smallest absolute Gasteiger partial charge is 0.281 e. The van der Waals surface area contributed by atoms with Gasteiger partial charge in [0.05, 0.1) is 18.9 Å². The highest BCUT2D eigenvalue weighted by Gasteiger charge is 2.24. The van der Waals surface area contributed by atoms with Gasteiger partial charge in [-0.3, -0.25) is 4.79 Å². The molecule has 1 fully saturated rings. The SMILES string of the molecule is CC(C)COc1cc(F)cc(-c2ccc(C(=O)NS(=O)(=O)c3ccccn3)c(OCC3CCOCC3)n2)c1. The zero-order valence-corrected chi connectivity index (χ0v) is 22.0. The van der Waals surface area contributed by atoms with Gasteiger partial charge in [0.25, 0.3) is 15.9 Å². The lowest BCUT2D eigenvalue weighted by molar-refractivity contribution is 0.0488. The third-order valence-corrected chi connectivity index (χ3v) is 7.04. The number of benzene rings is 1. The molecule has 9 nitrogen and oxygen atoms in total. The predicted octanol–water partition coefficient (Wildman–Crippen LogP) is 4.24. The molecule has 0 spiro atoms. The third kappa shape index (κ3) is 7.26. The molecule has 1 aliphatic heterocycles. The molecule has 0 atom stereocenters. The van der Waals surface area contributed by atoms with E-state index in [1.54, 1.807) is 12.1 Å². The highest BCUT2D eigenvalue weighted by atomic mass is 32.2. The lowest BCUT2D eigenvalue weighted by Crippen LogP contribution is -2.32. The number of pyridine rings is 2. The van der Waals surface area contributed by atoms with Gasteiger partial charge in [0.1, 0.15) is 17.1 Å². The van der Waals surface area contributed by atoms with Gasteiger partial charge in [0.15, 0.2) is 5.03 Å². The van der Waals surface area contributed by atoms with Crippen LogP contribution in [0.1, 0.15) is 37.0 Å². The summed E-state index contributed by atoms with van der Waals surface area (Å²) in [5.74, 6) is -0.689. The first-order valence-corrected chi connectivity index (χ1v) is 13.8. The van der Waals surface area contributed by atoms with E-state index < -0.39 is 21.7 Å². The van der Waals surface area contributed by atoms with E-state index in [0.717, 1.165) is 12.8 Å². The van der Waals surface area contributed by atoms with Crippen LogP contribution in [0.5, 0.6) is 11.6 Å². The van der Waals surface area contributed by atoms with E-state index in [4.69, 9.17) is 14.2 Å². The van der Waals surface area contributed by atoms with Gasteiger partial charge in [0.2, 0.25) is 5.88 Å². The molecule has 0 saturated carbocycles. The first kappa shape index (κ1) is 27.5. The van der Waals surface area contributed by atoms with Crippen molar-refractivity contribution in [3.63, 3.8) is 0 Å². The van der Waals surface area contributed by atoms with Gasteiger partial charge in [-0.1, -0.05) is 19.9 Å². The molecule has 11 heteroatoms. The topological polar surface area (TPSA) is 117 Å². The predicted molar refractivity (Wildman–Crippen MR) is 138 cm³/mol. The molecule has 0 radical (unpaired) electrons. The van der Waals surface area contributed by atoms with E-state index >= 15 is 0 Å². The Hall–Kier alpha value is -3.57. The standard InChI is InChI=1S/C27H30FN3O6S/c1-18(2)16-36-22-14-20(13-21(28)15-22)24-7-6-23(27(30-24)37-17-19-8-11-35-12-9-19)26(32)31-38(33,34)25-5-3-4-10-29-25/h3-7,10,13-15,18-19H,8-9,11-12,16-17H2,1-2H3,(H,31,32). The minimum atomic E-state index is -4.22. The average Bonchev–Trinajstić information content (AvgIpc) is 2.91. The maximum Gasteiger partial charge on any atom is 0.281 e. The summed E-state index contributed by atoms with van der Waals surface area (Å²) < 4.78 is 58.8. The van der Waals surface area contributed by atoms with Gasteiger partial charge in [0, 0.05) is 31.0 Å². The molecule has 1 aromatic carbocycles. The Labute approximate surface area is 221 Å². The molecule has 3 aromatic rings. The van der Waals surface area contributed by atoms with Crippen LogP contribution in [0.25, 0.3) is 11.3 Å². The fraction of sp³-hybridized carbons (Fsp3) is 0.370. The van der Waals surface area contributed by atoms with Gasteiger partial charge >= 0.3 is 0 Å². The van der Waals surface area contributed by atoms with Crippen molar-refractivity contribution in [2.24, 2.45) is 11.8 Å². The Morgan fingerprint density at radius 1 is 1.13 bits per heavy atom. The number of nitrogens with one attached hydrogen (secondary N) is 1. The van der Waals surface area contributed by atoms with Gasteiger partial charge < -0.3 is 14.2 Å². The summed E-state index contributed by atoms with van der Waals surface area (Å²) in [6.45, 7) is 5.88. The summed E-state index contributed by atoms with van der Waals surface area (Å²) in [6, 6.07) is 11.5. The van der Waals surface area contributed by atoms with E-state index in [-0.39, 0.29) is 34.9 Å². The summed E-state index contributed by atoms with van der Waals surface area (Å²) in [7, 11) is -4.22. The number of aromatic nitrogens is 2. The van der Waals surface area contributed by atoms with E-state index in [1.807, 2.05) is 18.6 Å². The van der Waals surface area contributed by atoms with Crippen molar-refractivity contribution in [1.82, 2.24) is 14.7 Å². The Bertz CT molecular complexity index is 1360. The molecule has 1 aliphatic rings. The molecule has 0 bridgehead atoms. The number of halogens is 1. The summed E-state index contributed by atoms with van der Waals surface area (Å²) in [5.41, 5.74) is 0.686. The Balaban J connectivity index is 1.64. The first-order valence-electron chi connectivity index (χ1n) is 12.3. The third-order valence-electron chi connectivity index (χ3n) is 5.79. The molecular weight excluding hydrogens is 513 g/mol. The van der Waals surface area contributed by atoms with Crippen LogP contribution in [-0.2, 0) is 14.8 Å². The normalized spacial score (nSPS) is 14.3. The van der Waals surface area contributed by atoms with Crippen LogP contribution in [-0.4, -0.2) is 50.7 Å². The minimum Gasteiger partial charge on any atom is -0.493 e. The van der Waals surface area contributed by atoms with Crippen LogP contribution in [0.15, 0.2) is 59.8 Å². The fourth-order valence-corrected chi connectivity index (χ4v) is 4.70. The minimum absolute atomic E-state index is 0.0587. The lowest BCUT2D eigenvalue weighted by Gasteiger charge is -2.22. The number of sulfonamides is 1. The quantitative estimate of drug-likeness (QED) is 0.404. The molecule has 2 aromatic heterocycles. The summed E-state index contributed by atoms with van der Waals surface area (Å²) in [6.07, 6.45) is 2.89. The lowest BCUT2D eigenvalue weighted by atomic mass is 10.0. The molecule has 0 aliphatic carbocycles. The second-order valence-electron chi connectivity index (χ2n) is 9.40. The molecule has 1 N–H and O–H groups in total. The van der Waals surface area contributed by atoms with Gasteiger partial charge in [-0.25, -0.2) is 19.1 Å². The van der Waals surface area contributed by atoms with Crippen molar-refractivity contribution < 1.29 is 31.8 Å². The Morgan fingerprint density at radius 2 is 1.92 bits per heavy atom. The van der Waals surface area contributed by atoms with Crippen LogP contribution in [0, 0.1) is 17.7 Å². The molecule has 4 rings (SSSR count). The molecule has 38 heavy (non-hydrogen) atoms. The van der Waals surface area contributed by atoms with Crippen molar-refractivity contribution >= 4 is 15.9 Å². The van der Waals surface area contributed by atoms with Gasteiger partial charge in [-0.2, -0.15) is 8.42 Å². The zero-order chi connectivity index (χ0) is 27.1. The largest absolute Gasteiger partial charge is 0.493 e. The van der Waals surface area contributed by atoms with Crippen molar-refractivity contribution in [1.29, 1.82) is 0 Å².